The Hall–Kier alpha value is -1.51. The second kappa shape index (κ2) is 15.3. The van der Waals surface area contributed by atoms with Crippen LogP contribution >= 0.6 is 24.0 Å². The molecule has 0 unspecified atom stereocenters. The van der Waals surface area contributed by atoms with Gasteiger partial charge in [0.1, 0.15) is 0 Å². The maximum absolute atomic E-state index is 12.1. The van der Waals surface area contributed by atoms with E-state index in [0.29, 0.717) is 12.3 Å². The second-order valence-electron chi connectivity index (χ2n) is 7.90. The quantitative estimate of drug-likeness (QED) is 0.210. The number of hydrogen-bond donors (Lipinski definition) is 2. The number of aryl methyl sites for hydroxylation is 1. The number of aliphatic imine (C=N–C) groups is 1. The molecule has 1 heterocycles. The predicted octanol–water partition coefficient (Wildman–Crippen LogP) is 3.65. The summed E-state index contributed by atoms with van der Waals surface area (Å²) in [6.07, 6.45) is 7.10. The normalized spacial score (nSPS) is 14.7. The molecule has 1 fully saturated rings. The third-order valence-electron chi connectivity index (χ3n) is 5.26. The molecule has 2 N–H and O–H groups in total. The van der Waals surface area contributed by atoms with Crippen LogP contribution in [0.25, 0.3) is 0 Å². The maximum atomic E-state index is 12.1. The standard InChI is InChI=1S/C23H39N5O.HI/c1-4-24-23(26-17-9-19-28-18-7-5-6-11-22(28)29)25-16-8-10-20-12-14-21(15-13-20)27(2)3;/h12-15H,4-11,16-19H2,1-3H3,(H2,24,25,26);1H. The highest BCUT2D eigenvalue weighted by atomic mass is 127. The van der Waals surface area contributed by atoms with E-state index in [-0.39, 0.29) is 24.0 Å². The van der Waals surface area contributed by atoms with Gasteiger partial charge in [0, 0.05) is 58.9 Å². The van der Waals surface area contributed by atoms with E-state index in [1.54, 1.807) is 0 Å². The first-order chi connectivity index (χ1) is 14.1. The van der Waals surface area contributed by atoms with Crippen LogP contribution in [0, 0.1) is 0 Å². The van der Waals surface area contributed by atoms with Gasteiger partial charge in [-0.3, -0.25) is 9.79 Å². The molecule has 7 heteroatoms. The van der Waals surface area contributed by atoms with Crippen molar-refractivity contribution in [2.45, 2.75) is 51.9 Å². The van der Waals surface area contributed by atoms with Crippen molar-refractivity contribution in [1.29, 1.82) is 0 Å². The van der Waals surface area contributed by atoms with E-state index in [1.165, 1.54) is 17.7 Å². The van der Waals surface area contributed by atoms with Gasteiger partial charge < -0.3 is 20.4 Å². The number of nitrogens with one attached hydrogen (secondary N) is 2. The second-order valence-corrected chi connectivity index (χ2v) is 7.90. The van der Waals surface area contributed by atoms with E-state index < -0.39 is 0 Å². The number of amides is 1. The minimum atomic E-state index is 0. The predicted molar refractivity (Wildman–Crippen MR) is 138 cm³/mol. The summed E-state index contributed by atoms with van der Waals surface area (Å²) in [5.74, 6) is 1.19. The summed E-state index contributed by atoms with van der Waals surface area (Å²) >= 11 is 0. The molecule has 1 aliphatic heterocycles. The summed E-state index contributed by atoms with van der Waals surface area (Å²) in [5, 5.41) is 6.74. The van der Waals surface area contributed by atoms with E-state index >= 15 is 0 Å². The van der Waals surface area contributed by atoms with Gasteiger partial charge in [0.25, 0.3) is 0 Å². The van der Waals surface area contributed by atoms with Gasteiger partial charge in [0.05, 0.1) is 0 Å². The Labute approximate surface area is 199 Å². The van der Waals surface area contributed by atoms with Gasteiger partial charge in [-0.2, -0.15) is 0 Å². The summed E-state index contributed by atoms with van der Waals surface area (Å²) in [7, 11) is 4.12. The van der Waals surface area contributed by atoms with Gasteiger partial charge in [0.15, 0.2) is 5.96 Å². The topological polar surface area (TPSA) is 60.0 Å². The highest BCUT2D eigenvalue weighted by molar-refractivity contribution is 14.0. The molecule has 0 saturated carbocycles. The van der Waals surface area contributed by atoms with Crippen LogP contribution in [0.15, 0.2) is 29.3 Å². The number of guanidine groups is 1. The van der Waals surface area contributed by atoms with E-state index in [9.17, 15) is 4.79 Å². The third-order valence-corrected chi connectivity index (χ3v) is 5.26. The minimum Gasteiger partial charge on any atom is -0.378 e. The monoisotopic (exact) mass is 529 g/mol. The summed E-state index contributed by atoms with van der Waals surface area (Å²) < 4.78 is 0. The SMILES string of the molecule is CCNC(=NCCCN1CCCCCC1=O)NCCCc1ccc(N(C)C)cc1.I. The molecule has 0 bridgehead atoms. The maximum Gasteiger partial charge on any atom is 0.222 e. The molecule has 0 aromatic heterocycles. The Balaban J connectivity index is 0.00000450. The number of hydrogen-bond acceptors (Lipinski definition) is 3. The lowest BCUT2D eigenvalue weighted by atomic mass is 10.1. The Morgan fingerprint density at radius 1 is 1.10 bits per heavy atom. The number of likely N-dealkylation sites (tertiary alicyclic amines) is 1. The molecule has 1 saturated heterocycles. The molecule has 6 nitrogen and oxygen atoms in total. The Kier molecular flexibility index (Phi) is 13.5. The third kappa shape index (κ3) is 10.00. The minimum absolute atomic E-state index is 0. The molecule has 0 atom stereocenters. The average molecular weight is 530 g/mol. The first kappa shape index (κ1) is 26.5. The van der Waals surface area contributed by atoms with Gasteiger partial charge >= 0.3 is 0 Å². The van der Waals surface area contributed by atoms with Gasteiger partial charge in [-0.25, -0.2) is 0 Å². The number of nitrogens with zero attached hydrogens (tertiary/aromatic N) is 3. The average Bonchev–Trinajstić information content (AvgIpc) is 2.92. The molecule has 1 aromatic rings. The zero-order chi connectivity index (χ0) is 20.9. The Bertz CT molecular complexity index is 633. The lowest BCUT2D eigenvalue weighted by Gasteiger charge is -2.20. The number of benzene rings is 1. The van der Waals surface area contributed by atoms with Gasteiger partial charge in [-0.05, 0) is 56.7 Å². The van der Waals surface area contributed by atoms with E-state index in [0.717, 1.165) is 70.8 Å². The van der Waals surface area contributed by atoms with Crippen molar-refractivity contribution in [3.05, 3.63) is 29.8 Å². The summed E-state index contributed by atoms with van der Waals surface area (Å²) in [6, 6.07) is 8.75. The fraction of sp³-hybridized carbons (Fsp3) is 0.652. The zero-order valence-corrected chi connectivity index (χ0v) is 21.3. The fourth-order valence-corrected chi connectivity index (χ4v) is 3.53. The van der Waals surface area contributed by atoms with Crippen LogP contribution < -0.4 is 15.5 Å². The number of carbonyl (C=O) groups is 1. The first-order valence-electron chi connectivity index (χ1n) is 11.2. The Morgan fingerprint density at radius 3 is 2.57 bits per heavy atom. The van der Waals surface area contributed by atoms with E-state index in [4.69, 9.17) is 0 Å². The highest BCUT2D eigenvalue weighted by Crippen LogP contribution is 2.13. The van der Waals surface area contributed by atoms with Crippen molar-refractivity contribution in [3.63, 3.8) is 0 Å². The molecule has 0 aliphatic carbocycles. The van der Waals surface area contributed by atoms with Crippen LogP contribution in [0.3, 0.4) is 0 Å². The zero-order valence-electron chi connectivity index (χ0n) is 19.0. The Morgan fingerprint density at radius 2 is 1.87 bits per heavy atom. The van der Waals surface area contributed by atoms with Crippen LogP contribution in [-0.4, -0.2) is 63.6 Å². The fourth-order valence-electron chi connectivity index (χ4n) is 3.53. The van der Waals surface area contributed by atoms with Gasteiger partial charge in [0.2, 0.25) is 5.91 Å². The molecule has 30 heavy (non-hydrogen) atoms. The molecular formula is C23H40IN5O. The van der Waals surface area contributed by atoms with Crippen molar-refractivity contribution in [2.75, 3.05) is 51.7 Å². The smallest absolute Gasteiger partial charge is 0.222 e. The molecule has 0 spiro atoms. The number of rotatable bonds is 10. The lowest BCUT2D eigenvalue weighted by Crippen LogP contribution is -2.38. The molecule has 1 amide bonds. The van der Waals surface area contributed by atoms with Gasteiger partial charge in [-0.15, -0.1) is 24.0 Å². The number of carbonyl (C=O) groups excluding carboxylic acids is 1. The van der Waals surface area contributed by atoms with Crippen LogP contribution in [0.2, 0.25) is 0 Å². The molecule has 1 aliphatic rings. The molecule has 170 valence electrons. The molecular weight excluding hydrogens is 489 g/mol. The van der Waals surface area contributed by atoms with Crippen molar-refractivity contribution in [1.82, 2.24) is 15.5 Å². The van der Waals surface area contributed by atoms with Crippen molar-refractivity contribution in [3.8, 4) is 0 Å². The van der Waals surface area contributed by atoms with E-state index in [1.807, 2.05) is 4.90 Å². The van der Waals surface area contributed by atoms with Gasteiger partial charge in [-0.1, -0.05) is 18.6 Å². The number of anilines is 1. The first-order valence-corrected chi connectivity index (χ1v) is 11.2. The van der Waals surface area contributed by atoms with Crippen LogP contribution in [0.5, 0.6) is 0 Å². The summed E-state index contributed by atoms with van der Waals surface area (Å²) in [6.45, 7) is 6.31. The largest absolute Gasteiger partial charge is 0.378 e. The number of halogens is 1. The highest BCUT2D eigenvalue weighted by Gasteiger charge is 2.15. The van der Waals surface area contributed by atoms with E-state index in [2.05, 4.69) is 65.8 Å². The van der Waals surface area contributed by atoms with Crippen molar-refractivity contribution in [2.24, 2.45) is 4.99 Å². The summed E-state index contributed by atoms with van der Waals surface area (Å²) in [4.78, 5) is 20.9. The van der Waals surface area contributed by atoms with Crippen LogP contribution in [0.4, 0.5) is 5.69 Å². The molecule has 1 aromatic carbocycles. The van der Waals surface area contributed by atoms with Crippen LogP contribution in [0.1, 0.15) is 51.0 Å². The summed E-state index contributed by atoms with van der Waals surface area (Å²) in [5.41, 5.74) is 2.59. The molecule has 2 rings (SSSR count). The van der Waals surface area contributed by atoms with Crippen LogP contribution in [-0.2, 0) is 11.2 Å². The lowest BCUT2D eigenvalue weighted by molar-refractivity contribution is -0.130. The van der Waals surface area contributed by atoms with Crippen molar-refractivity contribution >= 4 is 41.5 Å². The van der Waals surface area contributed by atoms with Crippen molar-refractivity contribution < 1.29 is 4.79 Å². The molecule has 0 radical (unpaired) electrons.